The number of ether oxygens (including phenoxy) is 1. The van der Waals surface area contributed by atoms with E-state index in [1.807, 2.05) is 30.3 Å². The maximum atomic E-state index is 11.5. The van der Waals surface area contributed by atoms with Gasteiger partial charge in [-0.05, 0) is 18.6 Å². The average molecular weight is 226 g/mol. The molecule has 2 rings (SSSR count). The van der Waals surface area contributed by atoms with Gasteiger partial charge in [0.2, 0.25) is 0 Å². The first-order chi connectivity index (χ1) is 7.31. The van der Waals surface area contributed by atoms with Gasteiger partial charge in [0.1, 0.15) is 6.10 Å². The summed E-state index contributed by atoms with van der Waals surface area (Å²) < 4.78 is 5.17. The third kappa shape index (κ3) is 2.23. The molecule has 1 fully saturated rings. The molecule has 80 valence electrons. The number of para-hydroxylation sites is 1. The van der Waals surface area contributed by atoms with Crippen molar-refractivity contribution in [1.29, 1.82) is 0 Å². The lowest BCUT2D eigenvalue weighted by molar-refractivity contribution is 0.140. The van der Waals surface area contributed by atoms with Crippen LogP contribution in [0.4, 0.5) is 10.5 Å². The Morgan fingerprint density at radius 1 is 1.40 bits per heavy atom. The highest BCUT2D eigenvalue weighted by Crippen LogP contribution is 2.22. The number of nitrogens with zero attached hydrogens (tertiary/aromatic N) is 1. The largest absolute Gasteiger partial charge is 0.444 e. The van der Waals surface area contributed by atoms with Gasteiger partial charge in [0.25, 0.3) is 0 Å². The van der Waals surface area contributed by atoms with Crippen LogP contribution in [0.3, 0.4) is 0 Å². The lowest BCUT2D eigenvalue weighted by atomic mass is 10.2. The monoisotopic (exact) mass is 225 g/mol. The van der Waals surface area contributed by atoms with Crippen LogP contribution >= 0.6 is 11.6 Å². The van der Waals surface area contributed by atoms with Crippen LogP contribution in [0.15, 0.2) is 30.3 Å². The Hall–Kier alpha value is -1.22. The Kier molecular flexibility index (Phi) is 3.11. The molecular formula is C11H12ClNO2. The zero-order valence-electron chi connectivity index (χ0n) is 8.23. The first-order valence-corrected chi connectivity index (χ1v) is 5.44. The molecule has 1 amide bonds. The number of anilines is 1. The van der Waals surface area contributed by atoms with Crippen LogP contribution in [0.1, 0.15) is 6.42 Å². The number of hydrogen-bond donors (Lipinski definition) is 0. The molecule has 1 aliphatic rings. The van der Waals surface area contributed by atoms with Crippen molar-refractivity contribution in [2.75, 3.05) is 17.3 Å². The summed E-state index contributed by atoms with van der Waals surface area (Å²) in [5.74, 6) is 0.514. The van der Waals surface area contributed by atoms with E-state index in [1.54, 1.807) is 4.90 Å². The molecule has 1 aromatic carbocycles. The van der Waals surface area contributed by atoms with Crippen LogP contribution in [0.2, 0.25) is 0 Å². The molecule has 3 nitrogen and oxygen atoms in total. The van der Waals surface area contributed by atoms with E-state index in [1.165, 1.54) is 0 Å². The van der Waals surface area contributed by atoms with Gasteiger partial charge in [-0.1, -0.05) is 18.2 Å². The van der Waals surface area contributed by atoms with Gasteiger partial charge in [0, 0.05) is 11.6 Å². The second-order valence-corrected chi connectivity index (χ2v) is 3.81. The predicted octanol–water partition coefficient (Wildman–Crippen LogP) is 2.64. The number of amides is 1. The number of carbonyl (C=O) groups is 1. The molecular weight excluding hydrogens is 214 g/mol. The summed E-state index contributed by atoms with van der Waals surface area (Å²) in [5.41, 5.74) is 0.875. The molecule has 0 saturated carbocycles. The van der Waals surface area contributed by atoms with Gasteiger partial charge in [-0.3, -0.25) is 4.90 Å². The fourth-order valence-electron chi connectivity index (χ4n) is 1.61. The van der Waals surface area contributed by atoms with Gasteiger partial charge in [0.15, 0.2) is 0 Å². The Labute approximate surface area is 93.6 Å². The van der Waals surface area contributed by atoms with E-state index in [4.69, 9.17) is 16.3 Å². The molecule has 0 spiro atoms. The van der Waals surface area contributed by atoms with Gasteiger partial charge in [0.05, 0.1) is 6.54 Å². The maximum Gasteiger partial charge on any atom is 0.414 e. The van der Waals surface area contributed by atoms with Crippen LogP contribution in [-0.4, -0.2) is 24.6 Å². The standard InChI is InChI=1S/C11H12ClNO2/c12-7-6-10-8-13(11(14)15-10)9-4-2-1-3-5-9/h1-5,10H,6-8H2. The van der Waals surface area contributed by atoms with Crippen LogP contribution in [0.25, 0.3) is 0 Å². The molecule has 1 saturated heterocycles. The minimum atomic E-state index is -0.281. The van der Waals surface area contributed by atoms with Gasteiger partial charge >= 0.3 is 6.09 Å². The van der Waals surface area contributed by atoms with Gasteiger partial charge < -0.3 is 4.74 Å². The number of halogens is 1. The molecule has 4 heteroatoms. The van der Waals surface area contributed by atoms with E-state index in [9.17, 15) is 4.79 Å². The van der Waals surface area contributed by atoms with E-state index in [0.29, 0.717) is 18.8 Å². The third-order valence-electron chi connectivity index (χ3n) is 2.37. The van der Waals surface area contributed by atoms with Crippen LogP contribution < -0.4 is 4.90 Å². The van der Waals surface area contributed by atoms with Gasteiger partial charge in [-0.25, -0.2) is 4.79 Å². The number of alkyl halides is 1. The normalized spacial score (nSPS) is 20.5. The van der Waals surface area contributed by atoms with Crippen molar-refractivity contribution in [3.8, 4) is 0 Å². The van der Waals surface area contributed by atoms with Crippen LogP contribution in [-0.2, 0) is 4.74 Å². The maximum absolute atomic E-state index is 11.5. The van der Waals surface area contributed by atoms with Crippen molar-refractivity contribution in [3.63, 3.8) is 0 Å². The molecule has 0 aromatic heterocycles. The summed E-state index contributed by atoms with van der Waals surface area (Å²) in [7, 11) is 0. The smallest absolute Gasteiger partial charge is 0.414 e. The molecule has 1 heterocycles. The number of cyclic esters (lactones) is 1. The second kappa shape index (κ2) is 4.53. The van der Waals surface area contributed by atoms with Crippen LogP contribution in [0.5, 0.6) is 0 Å². The number of hydrogen-bond acceptors (Lipinski definition) is 2. The highest BCUT2D eigenvalue weighted by molar-refractivity contribution is 6.17. The third-order valence-corrected chi connectivity index (χ3v) is 2.59. The van der Waals surface area contributed by atoms with Crippen molar-refractivity contribution in [2.45, 2.75) is 12.5 Å². The Morgan fingerprint density at radius 3 is 2.80 bits per heavy atom. The molecule has 1 aromatic rings. The van der Waals surface area contributed by atoms with Crippen molar-refractivity contribution in [2.24, 2.45) is 0 Å². The lowest BCUT2D eigenvalue weighted by Gasteiger charge is -2.11. The molecule has 15 heavy (non-hydrogen) atoms. The molecule has 1 atom stereocenters. The molecule has 0 bridgehead atoms. The van der Waals surface area contributed by atoms with E-state index in [0.717, 1.165) is 5.69 Å². The minimum Gasteiger partial charge on any atom is -0.444 e. The second-order valence-electron chi connectivity index (χ2n) is 3.43. The Balaban J connectivity index is 2.09. The highest BCUT2D eigenvalue weighted by Gasteiger charge is 2.31. The molecule has 0 radical (unpaired) electrons. The first-order valence-electron chi connectivity index (χ1n) is 4.90. The summed E-state index contributed by atoms with van der Waals surface area (Å²) in [6.45, 7) is 0.593. The van der Waals surface area contributed by atoms with E-state index in [2.05, 4.69) is 0 Å². The van der Waals surface area contributed by atoms with Gasteiger partial charge in [-0.2, -0.15) is 0 Å². The predicted molar refractivity (Wildman–Crippen MR) is 59.4 cm³/mol. The minimum absolute atomic E-state index is 0.0739. The topological polar surface area (TPSA) is 29.5 Å². The van der Waals surface area contributed by atoms with Gasteiger partial charge in [-0.15, -0.1) is 11.6 Å². The summed E-state index contributed by atoms with van der Waals surface area (Å²) in [5, 5.41) is 0. The summed E-state index contributed by atoms with van der Waals surface area (Å²) >= 11 is 5.61. The summed E-state index contributed by atoms with van der Waals surface area (Å²) in [6, 6.07) is 9.50. The number of carbonyl (C=O) groups excluding carboxylic acids is 1. The summed E-state index contributed by atoms with van der Waals surface area (Å²) in [4.78, 5) is 13.2. The van der Waals surface area contributed by atoms with Crippen molar-refractivity contribution < 1.29 is 9.53 Å². The van der Waals surface area contributed by atoms with Crippen molar-refractivity contribution in [1.82, 2.24) is 0 Å². The lowest BCUT2D eigenvalue weighted by Crippen LogP contribution is -2.24. The highest BCUT2D eigenvalue weighted by atomic mass is 35.5. The first kappa shape index (κ1) is 10.3. The Bertz CT molecular complexity index is 342. The zero-order chi connectivity index (χ0) is 10.7. The summed E-state index contributed by atoms with van der Waals surface area (Å²) in [6.07, 6.45) is 0.350. The zero-order valence-corrected chi connectivity index (χ0v) is 8.98. The molecule has 1 aliphatic heterocycles. The molecule has 1 unspecified atom stereocenters. The number of rotatable bonds is 3. The molecule has 0 aliphatic carbocycles. The van der Waals surface area contributed by atoms with Crippen molar-refractivity contribution in [3.05, 3.63) is 30.3 Å². The average Bonchev–Trinajstić information content (AvgIpc) is 2.61. The number of benzene rings is 1. The van der Waals surface area contributed by atoms with E-state index < -0.39 is 0 Å². The van der Waals surface area contributed by atoms with Crippen molar-refractivity contribution >= 4 is 23.4 Å². The van der Waals surface area contributed by atoms with E-state index >= 15 is 0 Å². The SMILES string of the molecule is O=C1OC(CCCl)CN1c1ccccc1. The fraction of sp³-hybridized carbons (Fsp3) is 0.364. The Morgan fingerprint density at radius 2 is 2.13 bits per heavy atom. The molecule has 0 N–H and O–H groups in total. The fourth-order valence-corrected chi connectivity index (χ4v) is 1.86. The van der Waals surface area contributed by atoms with E-state index in [-0.39, 0.29) is 12.2 Å². The quantitative estimate of drug-likeness (QED) is 0.741. The van der Waals surface area contributed by atoms with Crippen LogP contribution in [0, 0.1) is 0 Å².